The van der Waals surface area contributed by atoms with Crippen LogP contribution >= 0.6 is 11.3 Å². The average Bonchev–Trinajstić information content (AvgIpc) is 3.23. The third-order valence-electron chi connectivity index (χ3n) is 6.04. The molecule has 1 saturated heterocycles. The van der Waals surface area contributed by atoms with Crippen LogP contribution in [0.5, 0.6) is 0 Å². The van der Waals surface area contributed by atoms with Gasteiger partial charge in [0.15, 0.2) is 0 Å². The van der Waals surface area contributed by atoms with Gasteiger partial charge in [-0.05, 0) is 32.1 Å². The predicted molar refractivity (Wildman–Crippen MR) is 87.1 cm³/mol. The van der Waals surface area contributed by atoms with Crippen LogP contribution < -0.4 is 5.32 Å². The van der Waals surface area contributed by atoms with Crippen LogP contribution in [0.2, 0.25) is 0 Å². The van der Waals surface area contributed by atoms with Crippen LogP contribution in [0, 0.1) is 5.41 Å². The van der Waals surface area contributed by atoms with Gasteiger partial charge in [0.2, 0.25) is 0 Å². The van der Waals surface area contributed by atoms with Crippen LogP contribution in [0.15, 0.2) is 5.38 Å². The molecule has 0 amide bonds. The minimum atomic E-state index is -0.154. The molecule has 2 aliphatic carbocycles. The van der Waals surface area contributed by atoms with E-state index in [1.165, 1.54) is 36.4 Å². The zero-order valence-electron chi connectivity index (χ0n) is 13.1. The molecule has 2 saturated carbocycles. The van der Waals surface area contributed by atoms with Crippen molar-refractivity contribution in [1.82, 2.24) is 10.3 Å². The van der Waals surface area contributed by atoms with Crippen molar-refractivity contribution in [3.63, 3.8) is 0 Å². The lowest BCUT2D eigenvalue weighted by Gasteiger charge is -2.56. The van der Waals surface area contributed by atoms with Crippen molar-refractivity contribution in [2.24, 2.45) is 5.41 Å². The highest BCUT2D eigenvalue weighted by molar-refractivity contribution is 7.09. The van der Waals surface area contributed by atoms with Gasteiger partial charge in [-0.15, -0.1) is 11.3 Å². The summed E-state index contributed by atoms with van der Waals surface area (Å²) in [6.45, 7) is 2.42. The summed E-state index contributed by atoms with van der Waals surface area (Å²) in [4.78, 5) is 4.84. The topological polar surface area (TPSA) is 54.4 Å². The Morgan fingerprint density at radius 3 is 2.82 bits per heavy atom. The molecule has 2 atom stereocenters. The summed E-state index contributed by atoms with van der Waals surface area (Å²) >= 11 is 1.83. The van der Waals surface area contributed by atoms with Crippen molar-refractivity contribution < 1.29 is 9.84 Å². The molecule has 5 heteroatoms. The summed E-state index contributed by atoms with van der Waals surface area (Å²) in [6.07, 6.45) is 8.05. The van der Waals surface area contributed by atoms with E-state index in [9.17, 15) is 5.11 Å². The summed E-state index contributed by atoms with van der Waals surface area (Å²) in [7, 11) is 0. The van der Waals surface area contributed by atoms with E-state index in [2.05, 4.69) is 10.7 Å². The number of thiazole rings is 1. The molecule has 3 aliphatic rings. The van der Waals surface area contributed by atoms with Gasteiger partial charge in [-0.2, -0.15) is 0 Å². The number of hydrogen-bond donors (Lipinski definition) is 2. The number of aliphatic hydroxyl groups is 1. The first-order valence-electron chi connectivity index (χ1n) is 8.71. The highest BCUT2D eigenvalue weighted by atomic mass is 32.1. The van der Waals surface area contributed by atoms with Gasteiger partial charge in [-0.3, -0.25) is 0 Å². The number of nitrogens with zero attached hydrogens (tertiary/aromatic N) is 1. The molecule has 1 aromatic rings. The lowest BCUT2D eigenvalue weighted by atomic mass is 9.58. The lowest BCUT2D eigenvalue weighted by molar-refractivity contribution is -0.149. The molecule has 22 heavy (non-hydrogen) atoms. The molecular weight excluding hydrogens is 296 g/mol. The van der Waals surface area contributed by atoms with Gasteiger partial charge < -0.3 is 15.2 Å². The lowest BCUT2D eigenvalue weighted by Crippen LogP contribution is -2.64. The molecule has 0 bridgehead atoms. The zero-order valence-corrected chi connectivity index (χ0v) is 13.9. The highest BCUT2D eigenvalue weighted by Crippen LogP contribution is 2.49. The van der Waals surface area contributed by atoms with E-state index in [0.29, 0.717) is 12.0 Å². The molecule has 1 aliphatic heterocycles. The minimum Gasteiger partial charge on any atom is -0.392 e. The number of ether oxygens (including phenoxy) is 1. The number of nitrogens with one attached hydrogen (secondary N) is 1. The molecule has 2 heterocycles. The van der Waals surface area contributed by atoms with Crippen LogP contribution in [0.4, 0.5) is 0 Å². The second-order valence-electron chi connectivity index (χ2n) is 7.19. The third-order valence-corrected chi connectivity index (χ3v) is 7.10. The highest BCUT2D eigenvalue weighted by Gasteiger charge is 2.54. The largest absolute Gasteiger partial charge is 0.392 e. The monoisotopic (exact) mass is 322 g/mol. The maximum absolute atomic E-state index is 10.2. The van der Waals surface area contributed by atoms with E-state index in [1.54, 1.807) is 0 Å². The van der Waals surface area contributed by atoms with E-state index in [-0.39, 0.29) is 11.5 Å². The fourth-order valence-electron chi connectivity index (χ4n) is 4.48. The fraction of sp³-hybridized carbons (Fsp3) is 0.824. The van der Waals surface area contributed by atoms with Crippen LogP contribution in [-0.2, 0) is 11.3 Å². The Morgan fingerprint density at radius 2 is 2.09 bits per heavy atom. The Hall–Kier alpha value is -0.490. The van der Waals surface area contributed by atoms with Crippen LogP contribution in [0.25, 0.3) is 0 Å². The van der Waals surface area contributed by atoms with E-state index >= 15 is 0 Å². The number of hydrogen-bond acceptors (Lipinski definition) is 5. The second kappa shape index (κ2) is 6.19. The summed E-state index contributed by atoms with van der Waals surface area (Å²) in [5, 5.41) is 17.4. The van der Waals surface area contributed by atoms with Gasteiger partial charge >= 0.3 is 0 Å². The Kier molecular flexibility index (Phi) is 4.24. The Bertz CT molecular complexity index is 507. The van der Waals surface area contributed by atoms with Crippen LogP contribution in [0.3, 0.4) is 0 Å². The van der Waals surface area contributed by atoms with Gasteiger partial charge in [0, 0.05) is 42.5 Å². The normalized spacial score (nSPS) is 31.5. The van der Waals surface area contributed by atoms with Crippen LogP contribution in [-0.4, -0.2) is 35.5 Å². The minimum absolute atomic E-state index is 0.0581. The zero-order chi connectivity index (χ0) is 15.0. The van der Waals surface area contributed by atoms with Crippen molar-refractivity contribution in [1.29, 1.82) is 0 Å². The number of aromatic nitrogens is 1. The molecular formula is C17H26N2O2S. The van der Waals surface area contributed by atoms with E-state index in [1.807, 2.05) is 11.3 Å². The number of rotatable bonds is 4. The van der Waals surface area contributed by atoms with Gasteiger partial charge in [-0.1, -0.05) is 12.8 Å². The maximum atomic E-state index is 10.2. The molecule has 3 fully saturated rings. The molecule has 122 valence electrons. The van der Waals surface area contributed by atoms with Crippen molar-refractivity contribution >= 4 is 11.3 Å². The van der Waals surface area contributed by atoms with E-state index in [0.717, 1.165) is 39.0 Å². The number of aliphatic hydroxyl groups excluding tert-OH is 1. The summed E-state index contributed by atoms with van der Waals surface area (Å²) in [5.41, 5.74) is 1.23. The Labute approximate surface area is 136 Å². The first-order valence-corrected chi connectivity index (χ1v) is 9.59. The van der Waals surface area contributed by atoms with Crippen molar-refractivity contribution in [3.05, 3.63) is 16.1 Å². The van der Waals surface area contributed by atoms with Crippen molar-refractivity contribution in [3.8, 4) is 0 Å². The smallest absolute Gasteiger partial charge is 0.0959 e. The summed E-state index contributed by atoms with van der Waals surface area (Å²) in [5.74, 6) is 0.714. The van der Waals surface area contributed by atoms with Gasteiger partial charge in [0.05, 0.1) is 16.8 Å². The molecule has 1 spiro atoms. The summed E-state index contributed by atoms with van der Waals surface area (Å²) in [6, 6.07) is 0.419. The van der Waals surface area contributed by atoms with E-state index in [4.69, 9.17) is 9.72 Å². The molecule has 2 N–H and O–H groups in total. The van der Waals surface area contributed by atoms with Crippen molar-refractivity contribution in [2.75, 3.05) is 13.2 Å². The average molecular weight is 322 g/mol. The standard InChI is InChI=1S/C17H26N2O2S/c20-15-9-14(17(15)5-7-21-8-6-17)18-10-13-11-22-16(19-13)12-3-1-2-4-12/h11-12,14-15,18,20H,1-10H2/t14-,15-/m1/s1. The first kappa shape index (κ1) is 15.1. The summed E-state index contributed by atoms with van der Waals surface area (Å²) < 4.78 is 5.47. The van der Waals surface area contributed by atoms with Gasteiger partial charge in [0.1, 0.15) is 0 Å². The second-order valence-corrected chi connectivity index (χ2v) is 8.08. The Morgan fingerprint density at radius 1 is 1.32 bits per heavy atom. The van der Waals surface area contributed by atoms with Gasteiger partial charge in [0.25, 0.3) is 0 Å². The predicted octanol–water partition coefficient (Wildman–Crippen LogP) is 2.82. The van der Waals surface area contributed by atoms with Crippen LogP contribution in [0.1, 0.15) is 61.6 Å². The molecule has 4 nitrogen and oxygen atoms in total. The van der Waals surface area contributed by atoms with Crippen molar-refractivity contribution in [2.45, 2.75) is 69.6 Å². The molecule has 0 radical (unpaired) electrons. The SMILES string of the molecule is O[C@@H]1C[C@@H](NCc2csc(C3CCCC3)n2)C12CCOCC2. The maximum Gasteiger partial charge on any atom is 0.0959 e. The molecule has 1 aromatic heterocycles. The first-order chi connectivity index (χ1) is 10.8. The fourth-order valence-corrected chi connectivity index (χ4v) is 5.47. The molecule has 0 aromatic carbocycles. The van der Waals surface area contributed by atoms with E-state index < -0.39 is 0 Å². The molecule has 4 rings (SSSR count). The van der Waals surface area contributed by atoms with Gasteiger partial charge in [-0.25, -0.2) is 4.98 Å². The Balaban J connectivity index is 1.34. The quantitative estimate of drug-likeness (QED) is 0.895. The molecule has 0 unspecified atom stereocenters. The third kappa shape index (κ3) is 2.62.